The van der Waals surface area contributed by atoms with Gasteiger partial charge in [-0.1, -0.05) is 54.8 Å². The van der Waals surface area contributed by atoms with Crippen LogP contribution in [0, 0.1) is 6.92 Å². The van der Waals surface area contributed by atoms with Crippen molar-refractivity contribution >= 4 is 28.8 Å². The fourth-order valence-corrected chi connectivity index (χ4v) is 5.06. The van der Waals surface area contributed by atoms with Crippen LogP contribution in [0.1, 0.15) is 47.7 Å². The number of rotatable bonds is 8. The predicted octanol–water partition coefficient (Wildman–Crippen LogP) is 5.44. The summed E-state index contributed by atoms with van der Waals surface area (Å²) in [5, 5.41) is 5.18. The van der Waals surface area contributed by atoms with Gasteiger partial charge in [0.25, 0.3) is 0 Å². The second kappa shape index (κ2) is 10.7. The Balaban J connectivity index is 1.77. The number of anilines is 1. The van der Waals surface area contributed by atoms with Crippen LogP contribution in [0.3, 0.4) is 0 Å². The fraction of sp³-hybridized carbons (Fsp3) is 0.333. The first kappa shape index (κ1) is 23.1. The number of thiophene rings is 1. The van der Waals surface area contributed by atoms with E-state index in [1.165, 1.54) is 0 Å². The summed E-state index contributed by atoms with van der Waals surface area (Å²) < 4.78 is 5.42. The number of carbonyl (C=O) groups excluding carboxylic acids is 2. The van der Waals surface area contributed by atoms with Gasteiger partial charge in [-0.2, -0.15) is 0 Å². The lowest BCUT2D eigenvalue weighted by Gasteiger charge is -2.32. The van der Waals surface area contributed by atoms with Crippen LogP contribution in [-0.4, -0.2) is 25.0 Å². The summed E-state index contributed by atoms with van der Waals surface area (Å²) in [6.45, 7) is 2.01. The normalized spacial score (nSPS) is 14.6. The molecule has 5 nitrogen and oxygen atoms in total. The highest BCUT2D eigenvalue weighted by atomic mass is 32.1. The van der Waals surface area contributed by atoms with Gasteiger partial charge in [-0.05, 0) is 48.9 Å². The smallest absolute Gasteiger partial charge is 0.248 e. The minimum atomic E-state index is -0.772. The number of methoxy groups -OCH3 is 1. The Hall–Kier alpha value is -3.12. The van der Waals surface area contributed by atoms with Crippen LogP contribution in [0.15, 0.2) is 66.0 Å². The third kappa shape index (κ3) is 5.63. The molecule has 3 aromatic rings. The number of nitrogens with one attached hydrogen (secondary N) is 1. The molecule has 1 saturated carbocycles. The van der Waals surface area contributed by atoms with E-state index in [4.69, 9.17) is 4.74 Å². The maximum absolute atomic E-state index is 13.7. The van der Waals surface area contributed by atoms with E-state index >= 15 is 0 Å². The number of hydrogen-bond donors (Lipinski definition) is 1. The monoisotopic (exact) mass is 462 g/mol. The molecule has 33 heavy (non-hydrogen) atoms. The lowest BCUT2D eigenvalue weighted by atomic mass is 10.0. The standard InChI is InChI=1S/C27H30N2O3S/c1-19-12-14-20(15-13-19)26(27(31)28-21-7-3-4-8-21)29(22-9-5-10-23(17-22)32-2)25(30)18-24-11-6-16-33-24/h5-6,9-17,21,26H,3-4,7-8,18H2,1-2H3,(H,28,31)/t26-/m0/s1. The van der Waals surface area contributed by atoms with Gasteiger partial charge in [0.15, 0.2) is 0 Å². The molecule has 0 saturated heterocycles. The zero-order chi connectivity index (χ0) is 23.2. The van der Waals surface area contributed by atoms with Gasteiger partial charge >= 0.3 is 0 Å². The second-order valence-electron chi connectivity index (χ2n) is 8.52. The molecule has 0 aliphatic heterocycles. The minimum Gasteiger partial charge on any atom is -0.497 e. The van der Waals surface area contributed by atoms with E-state index in [9.17, 15) is 9.59 Å². The van der Waals surface area contributed by atoms with E-state index in [0.29, 0.717) is 11.4 Å². The molecule has 4 rings (SSSR count). The van der Waals surface area contributed by atoms with Crippen LogP contribution in [0.2, 0.25) is 0 Å². The third-order valence-electron chi connectivity index (χ3n) is 6.11. The molecule has 2 amide bonds. The maximum Gasteiger partial charge on any atom is 0.248 e. The van der Waals surface area contributed by atoms with Crippen molar-refractivity contribution in [2.75, 3.05) is 12.0 Å². The van der Waals surface area contributed by atoms with Crippen LogP contribution in [0.4, 0.5) is 5.69 Å². The van der Waals surface area contributed by atoms with Gasteiger partial charge in [0.1, 0.15) is 11.8 Å². The summed E-state index contributed by atoms with van der Waals surface area (Å²) in [5.41, 5.74) is 2.54. The van der Waals surface area contributed by atoms with Gasteiger partial charge in [0.2, 0.25) is 11.8 Å². The Bertz CT molecular complexity index is 1070. The summed E-state index contributed by atoms with van der Waals surface area (Å²) in [6.07, 6.45) is 4.44. The molecule has 0 unspecified atom stereocenters. The molecule has 1 N–H and O–H groups in total. The largest absolute Gasteiger partial charge is 0.497 e. The molecular formula is C27H30N2O3S. The highest BCUT2D eigenvalue weighted by Crippen LogP contribution is 2.32. The molecule has 6 heteroatoms. The number of aryl methyl sites for hydroxylation is 1. The Labute approximate surface area is 199 Å². The van der Waals surface area contributed by atoms with Crippen molar-refractivity contribution in [1.82, 2.24) is 5.32 Å². The van der Waals surface area contributed by atoms with Gasteiger partial charge in [-0.25, -0.2) is 0 Å². The van der Waals surface area contributed by atoms with Crippen LogP contribution in [0.25, 0.3) is 0 Å². The second-order valence-corrected chi connectivity index (χ2v) is 9.56. The highest BCUT2D eigenvalue weighted by Gasteiger charge is 2.34. The molecule has 1 atom stereocenters. The molecule has 0 radical (unpaired) electrons. The highest BCUT2D eigenvalue weighted by molar-refractivity contribution is 7.10. The molecule has 1 aromatic heterocycles. The number of carbonyl (C=O) groups is 2. The number of ether oxygens (including phenoxy) is 1. The minimum absolute atomic E-state index is 0.127. The molecule has 0 spiro atoms. The number of hydrogen-bond acceptors (Lipinski definition) is 4. The van der Waals surface area contributed by atoms with Crippen LogP contribution < -0.4 is 15.0 Å². The van der Waals surface area contributed by atoms with E-state index in [0.717, 1.165) is 41.7 Å². The van der Waals surface area contributed by atoms with E-state index in [-0.39, 0.29) is 24.3 Å². The van der Waals surface area contributed by atoms with Crippen LogP contribution in [0.5, 0.6) is 5.75 Å². The average Bonchev–Trinajstić information content (AvgIpc) is 3.52. The van der Waals surface area contributed by atoms with E-state index < -0.39 is 6.04 Å². The summed E-state index contributed by atoms with van der Waals surface area (Å²) >= 11 is 1.54. The van der Waals surface area contributed by atoms with Crippen LogP contribution in [-0.2, 0) is 16.0 Å². The molecule has 1 aliphatic rings. The van der Waals surface area contributed by atoms with Crippen molar-refractivity contribution in [3.63, 3.8) is 0 Å². The Morgan fingerprint density at radius 1 is 1.09 bits per heavy atom. The zero-order valence-corrected chi connectivity index (χ0v) is 19.9. The maximum atomic E-state index is 13.7. The first-order valence-electron chi connectivity index (χ1n) is 11.4. The first-order valence-corrected chi connectivity index (χ1v) is 12.3. The van der Waals surface area contributed by atoms with Crippen molar-refractivity contribution in [2.45, 2.75) is 51.1 Å². The first-order chi connectivity index (χ1) is 16.0. The Kier molecular flexibility index (Phi) is 7.45. The number of amides is 2. The fourth-order valence-electron chi connectivity index (χ4n) is 4.36. The quantitative estimate of drug-likeness (QED) is 0.485. The van der Waals surface area contributed by atoms with Gasteiger partial charge in [-0.15, -0.1) is 11.3 Å². The number of nitrogens with zero attached hydrogens (tertiary/aromatic N) is 1. The van der Waals surface area contributed by atoms with E-state index in [1.54, 1.807) is 23.3 Å². The van der Waals surface area contributed by atoms with Crippen LogP contribution >= 0.6 is 11.3 Å². The molecule has 0 bridgehead atoms. The lowest BCUT2D eigenvalue weighted by Crippen LogP contribution is -2.46. The molecule has 2 aromatic carbocycles. The predicted molar refractivity (Wildman–Crippen MR) is 133 cm³/mol. The molecule has 172 valence electrons. The lowest BCUT2D eigenvalue weighted by molar-refractivity contribution is -0.127. The van der Waals surface area contributed by atoms with E-state index in [2.05, 4.69) is 5.32 Å². The molecule has 1 fully saturated rings. The van der Waals surface area contributed by atoms with Gasteiger partial charge < -0.3 is 10.1 Å². The topological polar surface area (TPSA) is 58.6 Å². The summed E-state index contributed by atoms with van der Waals surface area (Å²) in [6, 6.07) is 18.5. The number of benzene rings is 2. The molecule has 1 heterocycles. The van der Waals surface area contributed by atoms with Gasteiger partial charge in [-0.3, -0.25) is 14.5 Å². The molecular weight excluding hydrogens is 432 g/mol. The Morgan fingerprint density at radius 2 is 1.85 bits per heavy atom. The van der Waals surface area contributed by atoms with Crippen molar-refractivity contribution in [1.29, 1.82) is 0 Å². The third-order valence-corrected chi connectivity index (χ3v) is 6.98. The molecule has 1 aliphatic carbocycles. The van der Waals surface area contributed by atoms with Crippen molar-refractivity contribution < 1.29 is 14.3 Å². The SMILES string of the molecule is COc1cccc(N(C(=O)Cc2cccs2)[C@H](C(=O)NC2CCCC2)c2ccc(C)cc2)c1. The average molecular weight is 463 g/mol. The van der Waals surface area contributed by atoms with Crippen molar-refractivity contribution in [3.8, 4) is 5.75 Å². The van der Waals surface area contributed by atoms with Gasteiger partial charge in [0.05, 0.1) is 13.5 Å². The van der Waals surface area contributed by atoms with Crippen molar-refractivity contribution in [3.05, 3.63) is 82.0 Å². The van der Waals surface area contributed by atoms with Gasteiger partial charge in [0, 0.05) is 22.7 Å². The van der Waals surface area contributed by atoms with E-state index in [1.807, 2.05) is 73.0 Å². The summed E-state index contributed by atoms with van der Waals surface area (Å²) in [4.78, 5) is 30.1. The Morgan fingerprint density at radius 3 is 2.52 bits per heavy atom. The zero-order valence-electron chi connectivity index (χ0n) is 19.1. The van der Waals surface area contributed by atoms with Crippen molar-refractivity contribution in [2.24, 2.45) is 0 Å². The summed E-state index contributed by atoms with van der Waals surface area (Å²) in [5.74, 6) is 0.367. The summed E-state index contributed by atoms with van der Waals surface area (Å²) in [7, 11) is 1.60.